The van der Waals surface area contributed by atoms with Gasteiger partial charge in [-0.1, -0.05) is 0 Å². The van der Waals surface area contributed by atoms with Crippen LogP contribution in [0.3, 0.4) is 0 Å². The van der Waals surface area contributed by atoms with Gasteiger partial charge >= 0.3 is 119 Å². The molecule has 2 heterocycles. The van der Waals surface area contributed by atoms with Gasteiger partial charge in [-0.05, 0) is 0 Å². The van der Waals surface area contributed by atoms with Gasteiger partial charge in [-0.15, -0.1) is 0 Å². The monoisotopic (exact) mass is 370 g/mol. The van der Waals surface area contributed by atoms with E-state index in [0.29, 0.717) is 32.7 Å². The Labute approximate surface area is 119 Å². The van der Waals surface area contributed by atoms with Crippen molar-refractivity contribution in [2.75, 3.05) is 26.3 Å². The van der Waals surface area contributed by atoms with Crippen LogP contribution in [-0.2, 0) is 16.0 Å². The Kier molecular flexibility index (Phi) is 4.84. The predicted molar refractivity (Wildman–Crippen MR) is 78.3 cm³/mol. The molecule has 2 rings (SSSR count). The molecule has 0 unspecified atom stereocenters. The van der Waals surface area contributed by atoms with Gasteiger partial charge in [-0.2, -0.15) is 0 Å². The van der Waals surface area contributed by atoms with Crippen LogP contribution in [0.25, 0.3) is 0 Å². The predicted octanol–water partition coefficient (Wildman–Crippen LogP) is 1.03. The third kappa shape index (κ3) is 4.17. The molecule has 5 heteroatoms. The number of hydrogen-bond acceptors (Lipinski definition) is 3. The third-order valence-electron chi connectivity index (χ3n) is 3.38. The summed E-state index contributed by atoms with van der Waals surface area (Å²) in [6.45, 7) is 2.74. The number of amides is 1. The van der Waals surface area contributed by atoms with Gasteiger partial charge in [0.15, 0.2) is 0 Å². The molecule has 0 spiro atoms. The van der Waals surface area contributed by atoms with Gasteiger partial charge in [0.2, 0.25) is 0 Å². The number of carbonyl (C=O) groups excluding carboxylic acids is 1. The van der Waals surface area contributed by atoms with E-state index in [4.69, 9.17) is 4.74 Å². The fourth-order valence-electron chi connectivity index (χ4n) is 2.09. The molecule has 0 radical (unpaired) electrons. The van der Waals surface area contributed by atoms with Gasteiger partial charge in [-0.3, -0.25) is 0 Å². The maximum absolute atomic E-state index is 12.2. The summed E-state index contributed by atoms with van der Waals surface area (Å²) in [7, 11) is 0. The number of rotatable bonds is 3. The number of nitrogens with zero attached hydrogens (tertiary/aromatic N) is 2. The first-order valence-corrected chi connectivity index (χ1v) is 16.8. The maximum atomic E-state index is 12.2. The fraction of sp³-hybridized carbons (Fsp3) is 0.571. The number of hydrogen-bond donors (Lipinski definition) is 0. The van der Waals surface area contributed by atoms with Crippen LogP contribution in [0.4, 0.5) is 0 Å². The number of ether oxygens (including phenoxy) is 1. The second-order valence-corrected chi connectivity index (χ2v) is 20.5. The van der Waals surface area contributed by atoms with Crippen LogP contribution in [0.15, 0.2) is 18.5 Å². The zero-order valence-electron chi connectivity index (χ0n) is 12.0. The van der Waals surface area contributed by atoms with Crippen LogP contribution in [0, 0.1) is 0 Å². The summed E-state index contributed by atoms with van der Waals surface area (Å²) >= 11 is -2.09. The molecule has 1 fully saturated rings. The molecular formula is C14H22N2O2Sn. The number of morpholine rings is 1. The SMILES string of the molecule is [CH3][Sn]([CH3])([CH3])[c]1cncc(CC(=O)N2CCOCC2)c1. The van der Waals surface area contributed by atoms with Gasteiger partial charge < -0.3 is 0 Å². The average molecular weight is 369 g/mol. The molecule has 0 bridgehead atoms. The van der Waals surface area contributed by atoms with Crippen molar-refractivity contribution in [1.82, 2.24) is 9.88 Å². The molecule has 0 saturated carbocycles. The van der Waals surface area contributed by atoms with Gasteiger partial charge in [0, 0.05) is 0 Å². The van der Waals surface area contributed by atoms with Crippen LogP contribution < -0.4 is 3.58 Å². The van der Waals surface area contributed by atoms with E-state index < -0.39 is 18.4 Å². The van der Waals surface area contributed by atoms with Crippen molar-refractivity contribution < 1.29 is 9.53 Å². The van der Waals surface area contributed by atoms with Crippen LogP contribution in [-0.4, -0.2) is 60.5 Å². The van der Waals surface area contributed by atoms with Gasteiger partial charge in [0.25, 0.3) is 0 Å². The van der Waals surface area contributed by atoms with Crippen LogP contribution in [0.2, 0.25) is 14.8 Å². The molecular weight excluding hydrogens is 347 g/mol. The second kappa shape index (κ2) is 6.22. The summed E-state index contributed by atoms with van der Waals surface area (Å²) in [5.74, 6) is 0.186. The molecule has 19 heavy (non-hydrogen) atoms. The Morgan fingerprint density at radius 1 is 1.32 bits per heavy atom. The normalized spacial score (nSPS) is 16.5. The van der Waals surface area contributed by atoms with Crippen molar-refractivity contribution in [3.05, 3.63) is 24.0 Å². The molecule has 1 saturated heterocycles. The molecule has 1 aliphatic rings. The molecule has 1 amide bonds. The summed E-state index contributed by atoms with van der Waals surface area (Å²) in [5.41, 5.74) is 1.04. The molecule has 0 aliphatic carbocycles. The summed E-state index contributed by atoms with van der Waals surface area (Å²) in [4.78, 5) is 25.5. The number of pyridine rings is 1. The van der Waals surface area contributed by atoms with Crippen molar-refractivity contribution in [3.63, 3.8) is 0 Å². The molecule has 1 aromatic rings. The van der Waals surface area contributed by atoms with Crippen molar-refractivity contribution >= 4 is 27.9 Å². The van der Waals surface area contributed by atoms with E-state index in [9.17, 15) is 4.79 Å². The molecule has 1 aliphatic heterocycles. The molecule has 0 atom stereocenters. The molecule has 4 nitrogen and oxygen atoms in total. The van der Waals surface area contributed by atoms with E-state index in [-0.39, 0.29) is 5.91 Å². The first kappa shape index (κ1) is 14.8. The minimum absolute atomic E-state index is 0.186. The van der Waals surface area contributed by atoms with Gasteiger partial charge in [0.05, 0.1) is 0 Å². The summed E-state index contributed by atoms with van der Waals surface area (Å²) in [6.07, 6.45) is 4.25. The van der Waals surface area contributed by atoms with E-state index in [1.807, 2.05) is 17.3 Å². The Hall–Kier alpha value is -0.621. The molecule has 0 N–H and O–H groups in total. The summed E-state index contributed by atoms with van der Waals surface area (Å²) in [5, 5.41) is 0. The second-order valence-electron chi connectivity index (χ2n) is 6.00. The van der Waals surface area contributed by atoms with E-state index in [2.05, 4.69) is 25.9 Å². The van der Waals surface area contributed by atoms with E-state index in [1.165, 1.54) is 3.58 Å². The molecule has 0 aromatic carbocycles. The Bertz CT molecular complexity index is 451. The topological polar surface area (TPSA) is 42.4 Å². The van der Waals surface area contributed by atoms with Gasteiger partial charge in [-0.25, -0.2) is 0 Å². The van der Waals surface area contributed by atoms with Crippen LogP contribution in [0.1, 0.15) is 5.56 Å². The number of aromatic nitrogens is 1. The van der Waals surface area contributed by atoms with Crippen LogP contribution in [0.5, 0.6) is 0 Å². The Morgan fingerprint density at radius 2 is 2.00 bits per heavy atom. The van der Waals surface area contributed by atoms with Gasteiger partial charge in [0.1, 0.15) is 0 Å². The van der Waals surface area contributed by atoms with Crippen molar-refractivity contribution in [1.29, 1.82) is 0 Å². The van der Waals surface area contributed by atoms with E-state index in [0.717, 1.165) is 5.56 Å². The molecule has 104 valence electrons. The first-order chi connectivity index (χ1) is 8.97. The first-order valence-electron chi connectivity index (χ1n) is 6.77. The zero-order chi connectivity index (χ0) is 13.9. The Morgan fingerprint density at radius 3 is 2.63 bits per heavy atom. The molecule has 1 aromatic heterocycles. The standard InChI is InChI=1S/C11H13N2O2.3CH3.Sn/c14-11(13-4-6-15-7-5-13)8-10-2-1-3-12-9-10;;;;/h2-3,9H,4-8H2;3*1H3;. The zero-order valence-corrected chi connectivity index (χ0v) is 14.8. The van der Waals surface area contributed by atoms with Crippen molar-refractivity contribution in [2.24, 2.45) is 0 Å². The fourth-order valence-corrected chi connectivity index (χ4v) is 5.18. The third-order valence-corrected chi connectivity index (χ3v) is 9.10. The van der Waals surface area contributed by atoms with Crippen LogP contribution >= 0.6 is 0 Å². The quantitative estimate of drug-likeness (QED) is 0.748. The van der Waals surface area contributed by atoms with Crippen molar-refractivity contribution in [2.45, 2.75) is 21.2 Å². The van der Waals surface area contributed by atoms with Crippen molar-refractivity contribution in [3.8, 4) is 0 Å². The van der Waals surface area contributed by atoms with E-state index in [1.54, 1.807) is 0 Å². The summed E-state index contributed by atoms with van der Waals surface area (Å²) < 4.78 is 6.64. The number of carbonyl (C=O) groups is 1. The summed E-state index contributed by atoms with van der Waals surface area (Å²) in [6, 6.07) is 2.18. The minimum atomic E-state index is -2.09. The van der Waals surface area contributed by atoms with E-state index >= 15 is 0 Å². The average Bonchev–Trinajstić information content (AvgIpc) is 2.39. The Balaban J connectivity index is 2.04.